The average Bonchev–Trinajstić information content (AvgIpc) is 3.32. The highest BCUT2D eigenvalue weighted by molar-refractivity contribution is 7.03. The molecule has 0 atom stereocenters. The number of fused-ring (bicyclic) bond motifs is 8. The van der Waals surface area contributed by atoms with Gasteiger partial charge in [-0.05, 0) is 100 Å². The van der Waals surface area contributed by atoms with Crippen molar-refractivity contribution < 1.29 is 0 Å². The summed E-state index contributed by atoms with van der Waals surface area (Å²) in [4.78, 5) is 29.9. The molecule has 0 aliphatic carbocycles. The molecule has 60 heavy (non-hydrogen) atoms. The van der Waals surface area contributed by atoms with Gasteiger partial charge in [0.05, 0.1) is 0 Å². The van der Waals surface area contributed by atoms with Gasteiger partial charge in [-0.3, -0.25) is 14.7 Å². The number of nitrogens with zero attached hydrogens (tertiary/aromatic N) is 8. The molecule has 0 fully saturated rings. The number of para-hydroxylation sites is 5. The van der Waals surface area contributed by atoms with E-state index in [4.69, 9.17) is 19.9 Å². The summed E-state index contributed by atoms with van der Waals surface area (Å²) in [6.45, 7) is -0.296. The first-order valence-electron chi connectivity index (χ1n) is 20.3. The van der Waals surface area contributed by atoms with E-state index in [2.05, 4.69) is 189 Å². The minimum atomic E-state index is -0.195. The Morgan fingerprint density at radius 2 is 0.783 bits per heavy atom. The normalized spacial score (nSPS) is 13.8. The molecule has 4 aliphatic heterocycles. The SMILES string of the molecule is c1ccc(N2c3ccccc3B3c4cc5c(cc4N(c4ccccc4)c4nccc2c43)N(c2ccccc2)c2ncnc3c2B5c2cccnc2N3c2ccccc2)cc1. The molecule has 13 rings (SSSR count). The summed E-state index contributed by atoms with van der Waals surface area (Å²) in [5.41, 5.74) is 15.5. The Bertz CT molecular complexity index is 2940. The fourth-order valence-electron chi connectivity index (χ4n) is 10.1. The first-order chi connectivity index (χ1) is 29.8. The summed E-state index contributed by atoms with van der Waals surface area (Å²) in [6, 6.07) is 62.5. The van der Waals surface area contributed by atoms with Gasteiger partial charge < -0.3 is 4.90 Å². The standard InChI is InChI=1S/C50H32B2N8/c1-5-16-33(17-6-1)57-41-26-14-13-24-37(41)51-39-30-40-44(31-43(39)58(34-18-7-2-8-19-34)48-45(51)42(57)27-29-54-48)59(35-20-9-3-10-21-35)49-46-50(56-32-55-49)60(36-22-11-4-12-23-36)47-38(52(40)46)25-15-28-53-47/h1-32H. The first kappa shape index (κ1) is 33.0. The smallest absolute Gasteiger partial charge is 0.258 e. The Kier molecular flexibility index (Phi) is 7.03. The van der Waals surface area contributed by atoms with Crippen LogP contribution in [0.4, 0.5) is 68.8 Å². The predicted octanol–water partition coefficient (Wildman–Crippen LogP) is 7.43. The van der Waals surface area contributed by atoms with Gasteiger partial charge in [-0.25, -0.2) is 19.9 Å². The van der Waals surface area contributed by atoms with Crippen molar-refractivity contribution in [3.05, 3.63) is 195 Å². The van der Waals surface area contributed by atoms with Crippen LogP contribution in [0.25, 0.3) is 0 Å². The topological polar surface area (TPSA) is 64.5 Å². The van der Waals surface area contributed by atoms with E-state index in [1.807, 2.05) is 18.5 Å². The second kappa shape index (κ2) is 12.8. The van der Waals surface area contributed by atoms with E-state index in [1.165, 1.54) is 21.9 Å². The highest BCUT2D eigenvalue weighted by Crippen LogP contribution is 2.46. The highest BCUT2D eigenvalue weighted by atomic mass is 15.3. The molecule has 8 nitrogen and oxygen atoms in total. The lowest BCUT2D eigenvalue weighted by molar-refractivity contribution is 1.07. The van der Waals surface area contributed by atoms with Gasteiger partial charge in [0, 0.05) is 63.4 Å². The third-order valence-electron chi connectivity index (χ3n) is 12.4. The zero-order valence-electron chi connectivity index (χ0n) is 32.2. The van der Waals surface area contributed by atoms with Crippen LogP contribution >= 0.6 is 0 Å². The van der Waals surface area contributed by atoms with E-state index in [9.17, 15) is 0 Å². The summed E-state index contributed by atoms with van der Waals surface area (Å²) in [5, 5.41) is 0. The Labute approximate surface area is 347 Å². The molecule has 278 valence electrons. The van der Waals surface area contributed by atoms with Crippen LogP contribution in [-0.2, 0) is 0 Å². The van der Waals surface area contributed by atoms with Crippen LogP contribution in [0, 0.1) is 0 Å². The van der Waals surface area contributed by atoms with Gasteiger partial charge in [-0.2, -0.15) is 0 Å². The number of rotatable bonds is 4. The van der Waals surface area contributed by atoms with Crippen LogP contribution in [-0.4, -0.2) is 33.4 Å². The van der Waals surface area contributed by atoms with Crippen molar-refractivity contribution in [2.24, 2.45) is 0 Å². The van der Waals surface area contributed by atoms with Crippen molar-refractivity contribution in [1.29, 1.82) is 0 Å². The molecule has 0 spiro atoms. The third-order valence-corrected chi connectivity index (χ3v) is 12.4. The number of hydrogen-bond donors (Lipinski definition) is 0. The lowest BCUT2D eigenvalue weighted by Gasteiger charge is -2.45. The number of anilines is 12. The van der Waals surface area contributed by atoms with Gasteiger partial charge in [0.25, 0.3) is 13.4 Å². The molecule has 4 aliphatic rings. The summed E-state index contributed by atoms with van der Waals surface area (Å²) >= 11 is 0. The first-order valence-corrected chi connectivity index (χ1v) is 20.3. The van der Waals surface area contributed by atoms with E-state index < -0.39 is 0 Å². The van der Waals surface area contributed by atoms with Crippen molar-refractivity contribution in [3.8, 4) is 0 Å². The molecule has 10 heteroatoms. The fraction of sp³-hybridized carbons (Fsp3) is 0. The van der Waals surface area contributed by atoms with Crippen LogP contribution in [0.15, 0.2) is 195 Å². The lowest BCUT2D eigenvalue weighted by atomic mass is 9.30. The fourth-order valence-corrected chi connectivity index (χ4v) is 10.1. The molecule has 0 saturated heterocycles. The maximum Gasteiger partial charge on any atom is 0.258 e. The van der Waals surface area contributed by atoms with E-state index in [0.29, 0.717) is 0 Å². The molecule has 0 unspecified atom stereocenters. The molecule has 7 heterocycles. The van der Waals surface area contributed by atoms with E-state index in [1.54, 1.807) is 6.33 Å². The predicted molar refractivity (Wildman–Crippen MR) is 246 cm³/mol. The molecule has 3 aromatic heterocycles. The van der Waals surface area contributed by atoms with Crippen molar-refractivity contribution >= 4 is 115 Å². The van der Waals surface area contributed by atoms with Crippen LogP contribution in [0.2, 0.25) is 0 Å². The zero-order chi connectivity index (χ0) is 39.3. The molecule has 0 amide bonds. The van der Waals surface area contributed by atoms with Gasteiger partial charge in [0.2, 0.25) is 0 Å². The van der Waals surface area contributed by atoms with Crippen molar-refractivity contribution in [3.63, 3.8) is 0 Å². The molecular weight excluding hydrogens is 734 g/mol. The van der Waals surface area contributed by atoms with Crippen molar-refractivity contribution in [2.45, 2.75) is 0 Å². The van der Waals surface area contributed by atoms with E-state index in [-0.39, 0.29) is 13.4 Å². The lowest BCUT2D eigenvalue weighted by Crippen LogP contribution is -2.65. The minimum Gasteiger partial charge on any atom is -0.311 e. The van der Waals surface area contributed by atoms with Gasteiger partial charge in [0.15, 0.2) is 0 Å². The number of hydrogen-bond acceptors (Lipinski definition) is 8. The second-order valence-corrected chi connectivity index (χ2v) is 15.5. The number of benzene rings is 6. The molecule has 0 radical (unpaired) electrons. The van der Waals surface area contributed by atoms with Gasteiger partial charge >= 0.3 is 0 Å². The Balaban J connectivity index is 1.14. The molecule has 9 aromatic rings. The van der Waals surface area contributed by atoms with Crippen LogP contribution in [0.3, 0.4) is 0 Å². The largest absolute Gasteiger partial charge is 0.311 e. The van der Waals surface area contributed by atoms with Crippen LogP contribution < -0.4 is 52.4 Å². The second-order valence-electron chi connectivity index (χ2n) is 15.5. The number of aromatic nitrogens is 4. The number of pyridine rings is 2. The Hall–Kier alpha value is -7.97. The van der Waals surface area contributed by atoms with Crippen LogP contribution in [0.5, 0.6) is 0 Å². The Morgan fingerprint density at radius 1 is 0.300 bits per heavy atom. The van der Waals surface area contributed by atoms with E-state index >= 15 is 0 Å². The molecule has 0 bridgehead atoms. The van der Waals surface area contributed by atoms with Crippen LogP contribution in [0.1, 0.15) is 0 Å². The van der Waals surface area contributed by atoms with Crippen molar-refractivity contribution in [2.75, 3.05) is 19.6 Å². The quantitative estimate of drug-likeness (QED) is 0.172. The Morgan fingerprint density at radius 3 is 1.42 bits per heavy atom. The van der Waals surface area contributed by atoms with Crippen molar-refractivity contribution in [1.82, 2.24) is 19.9 Å². The maximum absolute atomic E-state index is 5.27. The summed E-state index contributed by atoms with van der Waals surface area (Å²) in [6.07, 6.45) is 5.54. The third kappa shape index (κ3) is 4.58. The molecule has 0 N–H and O–H groups in total. The van der Waals surface area contributed by atoms with Gasteiger partial charge in [-0.1, -0.05) is 103 Å². The monoisotopic (exact) mass is 766 g/mol. The average molecular weight is 766 g/mol. The van der Waals surface area contributed by atoms with E-state index in [0.717, 1.165) is 79.7 Å². The zero-order valence-corrected chi connectivity index (χ0v) is 32.2. The van der Waals surface area contributed by atoms with Gasteiger partial charge in [0.1, 0.15) is 29.6 Å². The summed E-state index contributed by atoms with van der Waals surface area (Å²) in [5.74, 6) is 3.47. The maximum atomic E-state index is 5.27. The summed E-state index contributed by atoms with van der Waals surface area (Å²) < 4.78 is 0. The highest BCUT2D eigenvalue weighted by Gasteiger charge is 2.49. The molecule has 6 aromatic carbocycles. The minimum absolute atomic E-state index is 0.101. The molecule has 0 saturated carbocycles. The molecular formula is C50H32B2N8. The summed E-state index contributed by atoms with van der Waals surface area (Å²) in [7, 11) is 0. The van der Waals surface area contributed by atoms with Gasteiger partial charge in [-0.15, -0.1) is 0 Å².